The van der Waals surface area contributed by atoms with Crippen LogP contribution in [0.1, 0.15) is 11.1 Å². The molecule has 0 amide bonds. The second kappa shape index (κ2) is 5.87. The van der Waals surface area contributed by atoms with Crippen LogP contribution in [0.5, 0.6) is 11.6 Å². The molecule has 0 unspecified atom stereocenters. The molecule has 7 heteroatoms. The lowest BCUT2D eigenvalue weighted by molar-refractivity contribution is 0.318. The molecule has 1 heterocycles. The first-order valence-electron chi connectivity index (χ1n) is 5.59. The van der Waals surface area contributed by atoms with Gasteiger partial charge in [0.05, 0.1) is 5.56 Å². The van der Waals surface area contributed by atoms with Gasteiger partial charge < -0.3 is 15.7 Å². The Morgan fingerprint density at radius 1 is 1.45 bits per heavy atom. The summed E-state index contributed by atoms with van der Waals surface area (Å²) in [4.78, 5) is 4.00. The zero-order valence-electron chi connectivity index (χ0n) is 10.5. The van der Waals surface area contributed by atoms with Crippen molar-refractivity contribution in [2.45, 2.75) is 6.92 Å². The molecular weight excluding hydrogens is 329 g/mol. The van der Waals surface area contributed by atoms with Gasteiger partial charge in [0.25, 0.3) is 0 Å². The van der Waals surface area contributed by atoms with E-state index in [4.69, 9.17) is 15.7 Å². The molecule has 0 aliphatic carbocycles. The van der Waals surface area contributed by atoms with Crippen LogP contribution in [0.25, 0.3) is 0 Å². The van der Waals surface area contributed by atoms with Gasteiger partial charge in [-0.05, 0) is 36.8 Å². The Morgan fingerprint density at radius 3 is 2.90 bits per heavy atom. The smallest absolute Gasteiger partial charge is 0.230 e. The number of amidine groups is 1. The molecular formula is C13H11BrFN3O2. The number of aromatic nitrogens is 1. The predicted molar refractivity (Wildman–Crippen MR) is 75.7 cm³/mol. The zero-order valence-corrected chi connectivity index (χ0v) is 12.1. The lowest BCUT2D eigenvalue weighted by atomic mass is 10.1. The molecule has 0 fully saturated rings. The Hall–Kier alpha value is -2.15. The number of rotatable bonds is 3. The van der Waals surface area contributed by atoms with E-state index in [1.807, 2.05) is 0 Å². The van der Waals surface area contributed by atoms with E-state index in [0.717, 1.165) is 0 Å². The molecule has 0 bridgehead atoms. The molecule has 0 saturated carbocycles. The number of nitrogens with zero attached hydrogens (tertiary/aromatic N) is 2. The maximum atomic E-state index is 13.7. The fourth-order valence-electron chi connectivity index (χ4n) is 1.63. The predicted octanol–water partition coefficient (Wildman–Crippen LogP) is 3.18. The van der Waals surface area contributed by atoms with Crippen molar-refractivity contribution >= 4 is 21.8 Å². The number of hydrogen-bond donors (Lipinski definition) is 2. The van der Waals surface area contributed by atoms with Crippen molar-refractivity contribution in [2.75, 3.05) is 0 Å². The number of hydrogen-bond acceptors (Lipinski definition) is 4. The second-order valence-electron chi connectivity index (χ2n) is 3.97. The third kappa shape index (κ3) is 2.88. The van der Waals surface area contributed by atoms with Crippen LogP contribution in [0, 0.1) is 12.7 Å². The minimum atomic E-state index is -0.540. The van der Waals surface area contributed by atoms with Gasteiger partial charge >= 0.3 is 0 Å². The molecule has 1 aromatic heterocycles. The van der Waals surface area contributed by atoms with Crippen molar-refractivity contribution in [3.8, 4) is 11.6 Å². The van der Waals surface area contributed by atoms with Gasteiger partial charge in [-0.25, -0.2) is 9.37 Å². The zero-order chi connectivity index (χ0) is 14.7. The minimum absolute atomic E-state index is 0.00975. The Morgan fingerprint density at radius 2 is 2.20 bits per heavy atom. The summed E-state index contributed by atoms with van der Waals surface area (Å²) >= 11 is 3.23. The second-order valence-corrected chi connectivity index (χ2v) is 4.89. The number of ether oxygens (including phenoxy) is 1. The molecule has 2 aromatic rings. The molecule has 0 spiro atoms. The van der Waals surface area contributed by atoms with E-state index in [9.17, 15) is 4.39 Å². The Labute approximate surface area is 123 Å². The quantitative estimate of drug-likeness (QED) is 0.389. The van der Waals surface area contributed by atoms with Crippen LogP contribution in [-0.4, -0.2) is 16.0 Å². The van der Waals surface area contributed by atoms with E-state index in [-0.39, 0.29) is 17.5 Å². The van der Waals surface area contributed by atoms with Crippen LogP contribution < -0.4 is 10.5 Å². The van der Waals surface area contributed by atoms with Crippen molar-refractivity contribution in [3.63, 3.8) is 0 Å². The first kappa shape index (κ1) is 14.3. The number of aryl methyl sites for hydroxylation is 1. The number of halogens is 2. The van der Waals surface area contributed by atoms with Gasteiger partial charge in [0.1, 0.15) is 0 Å². The number of pyridine rings is 1. The summed E-state index contributed by atoms with van der Waals surface area (Å²) in [6, 6.07) is 5.96. The minimum Gasteiger partial charge on any atom is -0.435 e. The highest BCUT2D eigenvalue weighted by Crippen LogP contribution is 2.29. The van der Waals surface area contributed by atoms with Crippen LogP contribution >= 0.6 is 15.9 Å². The molecule has 2 rings (SSSR count). The van der Waals surface area contributed by atoms with Crippen molar-refractivity contribution < 1.29 is 14.3 Å². The van der Waals surface area contributed by atoms with Crippen molar-refractivity contribution in [2.24, 2.45) is 10.9 Å². The molecule has 1 aromatic carbocycles. The van der Waals surface area contributed by atoms with Crippen LogP contribution in [0.2, 0.25) is 0 Å². The molecule has 0 radical (unpaired) electrons. The molecule has 104 valence electrons. The van der Waals surface area contributed by atoms with E-state index < -0.39 is 5.82 Å². The fourth-order valence-corrected chi connectivity index (χ4v) is 1.97. The van der Waals surface area contributed by atoms with Gasteiger partial charge in [-0.15, -0.1) is 0 Å². The molecule has 0 saturated heterocycles. The van der Waals surface area contributed by atoms with Gasteiger partial charge in [0, 0.05) is 10.7 Å². The monoisotopic (exact) mass is 339 g/mol. The maximum absolute atomic E-state index is 13.7. The average Bonchev–Trinajstić information content (AvgIpc) is 2.42. The highest BCUT2D eigenvalue weighted by Gasteiger charge is 2.15. The lowest BCUT2D eigenvalue weighted by Crippen LogP contribution is -2.16. The first-order valence-corrected chi connectivity index (χ1v) is 6.38. The lowest BCUT2D eigenvalue weighted by Gasteiger charge is -2.11. The molecule has 3 N–H and O–H groups in total. The SMILES string of the molecule is Cc1ccnc(Oc2cc(Br)ccc2F)c1/C(N)=N/O. The first-order chi connectivity index (χ1) is 9.52. The molecule has 5 nitrogen and oxygen atoms in total. The van der Waals surface area contributed by atoms with Gasteiger partial charge in [-0.3, -0.25) is 0 Å². The highest BCUT2D eigenvalue weighted by molar-refractivity contribution is 9.10. The van der Waals surface area contributed by atoms with E-state index in [0.29, 0.717) is 15.6 Å². The largest absolute Gasteiger partial charge is 0.435 e. The average molecular weight is 340 g/mol. The summed E-state index contributed by atoms with van der Waals surface area (Å²) < 4.78 is 19.8. The van der Waals surface area contributed by atoms with E-state index >= 15 is 0 Å². The molecule has 0 aliphatic rings. The van der Waals surface area contributed by atoms with Gasteiger partial charge in [0.15, 0.2) is 17.4 Å². The number of oxime groups is 1. The van der Waals surface area contributed by atoms with Crippen LogP contribution in [0.15, 0.2) is 40.1 Å². The van der Waals surface area contributed by atoms with E-state index in [1.165, 1.54) is 18.3 Å². The van der Waals surface area contributed by atoms with Crippen molar-refractivity contribution in [3.05, 3.63) is 51.9 Å². The summed E-state index contributed by atoms with van der Waals surface area (Å²) in [5.41, 5.74) is 6.60. The Bertz CT molecular complexity index is 677. The van der Waals surface area contributed by atoms with E-state index in [2.05, 4.69) is 26.1 Å². The number of nitrogens with two attached hydrogens (primary N) is 1. The normalized spacial score (nSPS) is 11.4. The summed E-state index contributed by atoms with van der Waals surface area (Å²) in [6.45, 7) is 1.75. The summed E-state index contributed by atoms with van der Waals surface area (Å²) in [6.07, 6.45) is 1.49. The fraction of sp³-hybridized carbons (Fsp3) is 0.0769. The van der Waals surface area contributed by atoms with E-state index in [1.54, 1.807) is 19.1 Å². The Kier molecular flexibility index (Phi) is 4.19. The number of benzene rings is 1. The topological polar surface area (TPSA) is 80.7 Å². The van der Waals surface area contributed by atoms with Crippen LogP contribution in [-0.2, 0) is 0 Å². The summed E-state index contributed by atoms with van der Waals surface area (Å²) in [7, 11) is 0. The van der Waals surface area contributed by atoms with Crippen molar-refractivity contribution in [1.29, 1.82) is 0 Å². The summed E-state index contributed by atoms with van der Waals surface area (Å²) in [5, 5.41) is 11.7. The van der Waals surface area contributed by atoms with Crippen LogP contribution in [0.3, 0.4) is 0 Å². The van der Waals surface area contributed by atoms with Crippen molar-refractivity contribution in [1.82, 2.24) is 4.98 Å². The molecule has 0 aliphatic heterocycles. The third-order valence-corrected chi connectivity index (χ3v) is 3.08. The third-order valence-electron chi connectivity index (χ3n) is 2.59. The van der Waals surface area contributed by atoms with Crippen LogP contribution in [0.4, 0.5) is 4.39 Å². The standard InChI is InChI=1S/C13H11BrFN3O2/c1-7-4-5-17-13(11(7)12(16)18-19)20-10-6-8(14)2-3-9(10)15/h2-6,19H,1H3,(H2,16,18). The van der Waals surface area contributed by atoms with Gasteiger partial charge in [-0.2, -0.15) is 0 Å². The van der Waals surface area contributed by atoms with Gasteiger partial charge in [0.2, 0.25) is 5.88 Å². The maximum Gasteiger partial charge on any atom is 0.230 e. The van der Waals surface area contributed by atoms with Gasteiger partial charge in [-0.1, -0.05) is 21.1 Å². The Balaban J connectivity index is 2.49. The summed E-state index contributed by atoms with van der Waals surface area (Å²) in [5.74, 6) is -0.635. The molecule has 20 heavy (non-hydrogen) atoms. The molecule has 0 atom stereocenters. The highest BCUT2D eigenvalue weighted by atomic mass is 79.9.